The number of aromatic nitrogens is 2. The van der Waals surface area contributed by atoms with Crippen LogP contribution in [0.25, 0.3) is 12.2 Å². The van der Waals surface area contributed by atoms with Crippen LogP contribution in [0.3, 0.4) is 0 Å². The molecule has 0 atom stereocenters. The van der Waals surface area contributed by atoms with Crippen molar-refractivity contribution in [3.8, 4) is 6.07 Å². The number of hydrogen-bond acceptors (Lipinski definition) is 1. The lowest BCUT2D eigenvalue weighted by Crippen LogP contribution is -2.14. The van der Waals surface area contributed by atoms with Gasteiger partial charge in [-0.2, -0.15) is 5.26 Å². The van der Waals surface area contributed by atoms with Gasteiger partial charge in [0.2, 0.25) is 0 Å². The maximum absolute atomic E-state index is 9.53. The molecule has 2 aromatic heterocycles. The van der Waals surface area contributed by atoms with Crippen molar-refractivity contribution < 1.29 is 0 Å². The van der Waals surface area contributed by atoms with Crippen LogP contribution in [0.4, 0.5) is 0 Å². The van der Waals surface area contributed by atoms with Crippen LogP contribution in [0, 0.1) is 45.9 Å². The van der Waals surface area contributed by atoms with E-state index in [-0.39, 0.29) is 0 Å². The van der Waals surface area contributed by atoms with Gasteiger partial charge in [-0.05, 0) is 56.9 Å². The quantitative estimate of drug-likeness (QED) is 0.802. The molecule has 0 fully saturated rings. The van der Waals surface area contributed by atoms with Gasteiger partial charge in [0, 0.05) is 11.0 Å². The number of aromatic amines is 2. The summed E-state index contributed by atoms with van der Waals surface area (Å²) in [5.41, 5.74) is 7.21. The van der Waals surface area contributed by atoms with E-state index in [0.717, 1.165) is 38.8 Å². The second-order valence-corrected chi connectivity index (χ2v) is 5.09. The van der Waals surface area contributed by atoms with Gasteiger partial charge < -0.3 is 9.97 Å². The lowest BCUT2D eigenvalue weighted by atomic mass is 10.1. The summed E-state index contributed by atoms with van der Waals surface area (Å²) in [6, 6.07) is 2.32. The summed E-state index contributed by atoms with van der Waals surface area (Å²) in [4.78, 5) is 6.55. The minimum atomic E-state index is 0.657. The van der Waals surface area contributed by atoms with E-state index in [2.05, 4.69) is 29.5 Å². The molecule has 2 N–H and O–H groups in total. The number of H-pyrrole nitrogens is 2. The molecule has 0 aliphatic rings. The molecule has 0 radical (unpaired) electrons. The largest absolute Gasteiger partial charge is 0.358 e. The van der Waals surface area contributed by atoms with Gasteiger partial charge in [-0.15, -0.1) is 0 Å². The molecule has 3 heteroatoms. The molecule has 2 aromatic rings. The smallest absolute Gasteiger partial charge is 0.104 e. The topological polar surface area (TPSA) is 55.4 Å². The Labute approximate surface area is 113 Å². The molecular formula is C16H19N3. The molecule has 98 valence electrons. The summed E-state index contributed by atoms with van der Waals surface area (Å²) in [5, 5.41) is 11.3. The van der Waals surface area contributed by atoms with Crippen LogP contribution >= 0.6 is 0 Å². The molecule has 2 heterocycles. The number of nitrogens with zero attached hydrogens (tertiary/aromatic N) is 1. The van der Waals surface area contributed by atoms with Crippen molar-refractivity contribution in [3.05, 3.63) is 44.3 Å². The molecule has 0 aliphatic carbocycles. The Hall–Kier alpha value is -2.21. The zero-order valence-electron chi connectivity index (χ0n) is 12.2. The first-order chi connectivity index (χ1) is 8.88. The lowest BCUT2D eigenvalue weighted by molar-refractivity contribution is 1.19. The third-order valence-electron chi connectivity index (χ3n) is 4.09. The second-order valence-electron chi connectivity index (χ2n) is 5.09. The summed E-state index contributed by atoms with van der Waals surface area (Å²) >= 11 is 0. The van der Waals surface area contributed by atoms with Crippen molar-refractivity contribution in [1.82, 2.24) is 9.97 Å². The fourth-order valence-corrected chi connectivity index (χ4v) is 2.33. The van der Waals surface area contributed by atoms with E-state index in [1.54, 1.807) is 0 Å². The molecule has 0 amide bonds. The summed E-state index contributed by atoms with van der Waals surface area (Å²) in [6.45, 7) is 14.1. The molecular weight excluding hydrogens is 234 g/mol. The molecule has 19 heavy (non-hydrogen) atoms. The van der Waals surface area contributed by atoms with Gasteiger partial charge in [0.15, 0.2) is 0 Å². The highest BCUT2D eigenvalue weighted by Gasteiger charge is 2.14. The first kappa shape index (κ1) is 13.2. The van der Waals surface area contributed by atoms with Crippen LogP contribution in [0.1, 0.15) is 33.6 Å². The third kappa shape index (κ3) is 1.90. The Morgan fingerprint density at radius 1 is 0.947 bits per heavy atom. The Balaban J connectivity index is 2.91. The van der Waals surface area contributed by atoms with Gasteiger partial charge in [-0.1, -0.05) is 6.58 Å². The zero-order chi connectivity index (χ0) is 14.3. The van der Waals surface area contributed by atoms with Crippen molar-refractivity contribution in [2.45, 2.75) is 34.6 Å². The van der Waals surface area contributed by atoms with Gasteiger partial charge in [0.1, 0.15) is 6.07 Å². The van der Waals surface area contributed by atoms with Crippen molar-refractivity contribution in [2.24, 2.45) is 0 Å². The summed E-state index contributed by atoms with van der Waals surface area (Å²) in [6.07, 6.45) is 0. The predicted molar refractivity (Wildman–Crippen MR) is 78.2 cm³/mol. The van der Waals surface area contributed by atoms with Crippen LogP contribution in [-0.2, 0) is 0 Å². The van der Waals surface area contributed by atoms with E-state index < -0.39 is 0 Å². The predicted octanol–water partition coefficient (Wildman–Crippen LogP) is 2.02. The van der Waals surface area contributed by atoms with Crippen molar-refractivity contribution >= 4 is 12.2 Å². The van der Waals surface area contributed by atoms with Crippen LogP contribution in [-0.4, -0.2) is 9.97 Å². The Bertz CT molecular complexity index is 795. The Morgan fingerprint density at radius 2 is 1.58 bits per heavy atom. The minimum Gasteiger partial charge on any atom is -0.358 e. The molecule has 2 rings (SSSR count). The zero-order valence-corrected chi connectivity index (χ0v) is 12.2. The molecule has 0 saturated carbocycles. The molecule has 0 unspecified atom stereocenters. The molecule has 3 nitrogen and oxygen atoms in total. The Morgan fingerprint density at radius 3 is 1.95 bits per heavy atom. The number of aryl methyl sites for hydroxylation is 1. The standard InChI is InChI=1S/C16H19N3/c1-8-10(3)15(18-12(8)5)14(7-17)16-11(4)9(2)13(6)19-16/h18-19H,5H2,1-4,6H3. The molecule has 0 spiro atoms. The minimum absolute atomic E-state index is 0.657. The van der Waals surface area contributed by atoms with E-state index in [1.165, 1.54) is 5.56 Å². The van der Waals surface area contributed by atoms with E-state index in [0.29, 0.717) is 5.57 Å². The van der Waals surface area contributed by atoms with Gasteiger partial charge in [0.05, 0.1) is 16.6 Å². The van der Waals surface area contributed by atoms with Gasteiger partial charge in [0.25, 0.3) is 0 Å². The summed E-state index contributed by atoms with van der Waals surface area (Å²) < 4.78 is 0. The fourth-order valence-electron chi connectivity index (χ4n) is 2.33. The average Bonchev–Trinajstić information content (AvgIpc) is 2.77. The lowest BCUT2D eigenvalue weighted by Gasteiger charge is -1.98. The van der Waals surface area contributed by atoms with E-state index in [1.807, 2.05) is 27.7 Å². The van der Waals surface area contributed by atoms with Crippen LogP contribution in [0.2, 0.25) is 0 Å². The van der Waals surface area contributed by atoms with Crippen molar-refractivity contribution in [3.63, 3.8) is 0 Å². The molecule has 0 aliphatic heterocycles. The van der Waals surface area contributed by atoms with Crippen LogP contribution in [0.15, 0.2) is 0 Å². The summed E-state index contributed by atoms with van der Waals surface area (Å²) in [7, 11) is 0. The first-order valence-electron chi connectivity index (χ1n) is 6.33. The van der Waals surface area contributed by atoms with Crippen molar-refractivity contribution in [1.29, 1.82) is 5.26 Å². The van der Waals surface area contributed by atoms with E-state index >= 15 is 0 Å². The van der Waals surface area contributed by atoms with Crippen LogP contribution in [0.5, 0.6) is 0 Å². The average molecular weight is 253 g/mol. The highest BCUT2D eigenvalue weighted by Crippen LogP contribution is 2.21. The normalized spacial score (nSPS) is 12.4. The number of rotatable bonds is 1. The fraction of sp³-hybridized carbons (Fsp3) is 0.312. The van der Waals surface area contributed by atoms with Gasteiger partial charge in [-0.3, -0.25) is 0 Å². The SMILES string of the molecule is C=c1[nH]c(=C(C#N)c2[nH]c(C)c(C)c2C)c(C)c1C. The van der Waals surface area contributed by atoms with E-state index in [4.69, 9.17) is 0 Å². The molecule has 0 bridgehead atoms. The first-order valence-corrected chi connectivity index (χ1v) is 6.33. The maximum Gasteiger partial charge on any atom is 0.104 e. The molecule has 0 aromatic carbocycles. The highest BCUT2D eigenvalue weighted by atomic mass is 14.8. The number of hydrogen-bond donors (Lipinski definition) is 2. The van der Waals surface area contributed by atoms with Crippen molar-refractivity contribution in [2.75, 3.05) is 0 Å². The number of nitrogens with one attached hydrogen (secondary N) is 2. The number of nitriles is 1. The third-order valence-corrected chi connectivity index (χ3v) is 4.09. The van der Waals surface area contributed by atoms with Crippen LogP contribution < -0.4 is 10.7 Å². The van der Waals surface area contributed by atoms with E-state index in [9.17, 15) is 5.26 Å². The highest BCUT2D eigenvalue weighted by molar-refractivity contribution is 5.77. The summed E-state index contributed by atoms with van der Waals surface area (Å²) in [5.74, 6) is 0. The molecule has 0 saturated heterocycles. The Kier molecular flexibility index (Phi) is 3.11. The monoisotopic (exact) mass is 253 g/mol. The van der Waals surface area contributed by atoms with Gasteiger partial charge >= 0.3 is 0 Å². The second kappa shape index (κ2) is 4.47. The van der Waals surface area contributed by atoms with Gasteiger partial charge in [-0.25, -0.2) is 0 Å². The maximum atomic E-state index is 9.53.